The van der Waals surface area contributed by atoms with Crippen LogP contribution in [0.25, 0.3) is 10.1 Å². The van der Waals surface area contributed by atoms with Gasteiger partial charge in [-0.25, -0.2) is 4.79 Å². The van der Waals surface area contributed by atoms with Gasteiger partial charge < -0.3 is 9.30 Å². The molecule has 3 aromatic rings. The fourth-order valence-electron chi connectivity index (χ4n) is 2.38. The molecule has 0 N–H and O–H groups in total. The molecule has 2 aromatic heterocycles. The summed E-state index contributed by atoms with van der Waals surface area (Å²) in [5, 5.41) is 12.1. The van der Waals surface area contributed by atoms with Crippen molar-refractivity contribution >= 4 is 33.1 Å². The van der Waals surface area contributed by atoms with Gasteiger partial charge in [0.1, 0.15) is 5.56 Å². The molecule has 0 aliphatic rings. The summed E-state index contributed by atoms with van der Waals surface area (Å²) in [5.74, 6) is -0.895. The van der Waals surface area contributed by atoms with Crippen LogP contribution < -0.4 is 5.56 Å². The van der Waals surface area contributed by atoms with Crippen LogP contribution in [0.15, 0.2) is 47.4 Å². The Morgan fingerprint density at radius 2 is 2.08 bits per heavy atom. The second kappa shape index (κ2) is 6.25. The van der Waals surface area contributed by atoms with Gasteiger partial charge >= 0.3 is 5.97 Å². The molecule has 0 atom stereocenters. The number of rotatable bonds is 4. The fourth-order valence-corrected chi connectivity index (χ4v) is 3.44. The summed E-state index contributed by atoms with van der Waals surface area (Å²) in [4.78, 5) is 35.4. The van der Waals surface area contributed by atoms with E-state index in [-0.39, 0.29) is 17.8 Å². The van der Waals surface area contributed by atoms with Gasteiger partial charge in [0.05, 0.1) is 24.8 Å². The van der Waals surface area contributed by atoms with Crippen LogP contribution in [0.4, 0.5) is 5.69 Å². The zero-order valence-electron chi connectivity index (χ0n) is 12.6. The monoisotopic (exact) mass is 344 g/mol. The summed E-state index contributed by atoms with van der Waals surface area (Å²) >= 11 is 1.49. The summed E-state index contributed by atoms with van der Waals surface area (Å²) in [6.45, 7) is 0.143. The second-order valence-electron chi connectivity index (χ2n) is 5.04. The van der Waals surface area contributed by atoms with Crippen molar-refractivity contribution in [3.8, 4) is 0 Å². The van der Waals surface area contributed by atoms with Crippen LogP contribution in [-0.2, 0) is 11.3 Å². The van der Waals surface area contributed by atoms with Gasteiger partial charge in [0, 0.05) is 15.6 Å². The number of pyridine rings is 1. The molecule has 1 aromatic carbocycles. The molecule has 0 unspecified atom stereocenters. The first-order valence-corrected chi connectivity index (χ1v) is 7.76. The van der Waals surface area contributed by atoms with E-state index < -0.39 is 16.5 Å². The number of fused-ring (bicyclic) bond motifs is 1. The zero-order valence-corrected chi connectivity index (χ0v) is 13.4. The molecule has 0 radical (unpaired) electrons. The predicted molar refractivity (Wildman–Crippen MR) is 89.6 cm³/mol. The summed E-state index contributed by atoms with van der Waals surface area (Å²) in [5.41, 5.74) is -1.31. The van der Waals surface area contributed by atoms with Crippen LogP contribution in [0.1, 0.15) is 15.2 Å². The molecule has 122 valence electrons. The van der Waals surface area contributed by atoms with Crippen LogP contribution in [0, 0.1) is 10.1 Å². The normalized spacial score (nSPS) is 10.7. The largest absolute Gasteiger partial charge is 0.465 e. The van der Waals surface area contributed by atoms with E-state index in [1.807, 2.05) is 30.3 Å². The Morgan fingerprint density at radius 1 is 1.33 bits per heavy atom. The number of esters is 1. The molecule has 0 amide bonds. The highest BCUT2D eigenvalue weighted by Gasteiger charge is 2.20. The number of nitro groups is 1. The Morgan fingerprint density at radius 3 is 2.75 bits per heavy atom. The van der Waals surface area contributed by atoms with Crippen molar-refractivity contribution in [2.75, 3.05) is 7.11 Å². The van der Waals surface area contributed by atoms with E-state index in [4.69, 9.17) is 0 Å². The number of hydrogen-bond acceptors (Lipinski definition) is 6. The van der Waals surface area contributed by atoms with Crippen LogP contribution in [0.2, 0.25) is 0 Å². The minimum absolute atomic E-state index is 0.143. The average Bonchev–Trinajstić information content (AvgIpc) is 2.98. The molecule has 2 heterocycles. The Hall–Kier alpha value is -3.00. The van der Waals surface area contributed by atoms with Crippen molar-refractivity contribution in [3.63, 3.8) is 0 Å². The van der Waals surface area contributed by atoms with Crippen molar-refractivity contribution in [3.05, 3.63) is 73.5 Å². The molecule has 0 saturated carbocycles. The average molecular weight is 344 g/mol. The number of carbonyl (C=O) groups is 1. The Balaban J connectivity index is 2.08. The topological polar surface area (TPSA) is 91.4 Å². The van der Waals surface area contributed by atoms with Crippen LogP contribution >= 0.6 is 11.3 Å². The number of methoxy groups -OCH3 is 1. The molecule has 0 aliphatic carbocycles. The van der Waals surface area contributed by atoms with Gasteiger partial charge in [-0.05, 0) is 17.5 Å². The molecule has 0 bridgehead atoms. The van der Waals surface area contributed by atoms with Crippen LogP contribution in [0.5, 0.6) is 0 Å². The second-order valence-corrected chi connectivity index (χ2v) is 6.21. The molecule has 24 heavy (non-hydrogen) atoms. The van der Waals surface area contributed by atoms with Crippen molar-refractivity contribution < 1.29 is 14.5 Å². The van der Waals surface area contributed by atoms with Gasteiger partial charge in [0.25, 0.3) is 11.2 Å². The number of carbonyl (C=O) groups excluding carboxylic acids is 1. The molecule has 7 nitrogen and oxygen atoms in total. The lowest BCUT2D eigenvalue weighted by molar-refractivity contribution is -0.385. The van der Waals surface area contributed by atoms with Crippen LogP contribution in [-0.4, -0.2) is 22.6 Å². The number of nitrogens with zero attached hydrogens (tertiary/aromatic N) is 2. The summed E-state index contributed by atoms with van der Waals surface area (Å²) in [6.07, 6.45) is 1.14. The Bertz CT molecular complexity index is 972. The highest BCUT2D eigenvalue weighted by Crippen LogP contribution is 2.26. The number of aromatic nitrogens is 1. The first-order valence-electron chi connectivity index (χ1n) is 6.94. The maximum Gasteiger partial charge on any atom is 0.343 e. The van der Waals surface area contributed by atoms with Gasteiger partial charge in [-0.3, -0.25) is 14.9 Å². The van der Waals surface area contributed by atoms with E-state index in [0.717, 1.165) is 38.9 Å². The molecule has 0 saturated heterocycles. The third-order valence-corrected chi connectivity index (χ3v) is 4.59. The highest BCUT2D eigenvalue weighted by molar-refractivity contribution is 7.19. The van der Waals surface area contributed by atoms with E-state index >= 15 is 0 Å². The number of benzene rings is 1. The molecule has 3 rings (SSSR count). The lowest BCUT2D eigenvalue weighted by atomic mass is 10.2. The maximum atomic E-state index is 12.4. The van der Waals surface area contributed by atoms with E-state index in [1.54, 1.807) is 0 Å². The number of thiophene rings is 1. The van der Waals surface area contributed by atoms with Crippen molar-refractivity contribution in [2.24, 2.45) is 0 Å². The van der Waals surface area contributed by atoms with Crippen LogP contribution in [0.3, 0.4) is 0 Å². The maximum absolute atomic E-state index is 12.4. The Labute approximate surface area is 139 Å². The summed E-state index contributed by atoms with van der Waals surface area (Å²) in [6, 6.07) is 10.6. The lowest BCUT2D eigenvalue weighted by Crippen LogP contribution is -2.27. The number of hydrogen-bond donors (Lipinski definition) is 0. The summed E-state index contributed by atoms with van der Waals surface area (Å²) in [7, 11) is 1.12. The third kappa shape index (κ3) is 2.91. The van der Waals surface area contributed by atoms with Crippen molar-refractivity contribution in [1.29, 1.82) is 0 Å². The zero-order chi connectivity index (χ0) is 17.3. The smallest absolute Gasteiger partial charge is 0.343 e. The first kappa shape index (κ1) is 15.9. The predicted octanol–water partition coefficient (Wildman–Crippen LogP) is 2.81. The molecular weight excluding hydrogens is 332 g/mol. The highest BCUT2D eigenvalue weighted by atomic mass is 32.1. The van der Waals surface area contributed by atoms with Crippen molar-refractivity contribution in [2.45, 2.75) is 6.54 Å². The molecular formula is C16H12N2O5S. The van der Waals surface area contributed by atoms with Gasteiger partial charge in [-0.15, -0.1) is 11.3 Å². The summed E-state index contributed by atoms with van der Waals surface area (Å²) < 4.78 is 6.75. The SMILES string of the molecule is COC(=O)c1cc([N+](=O)[O-])cn(Cc2cc3ccccc3s2)c1=O. The third-order valence-electron chi connectivity index (χ3n) is 3.49. The van der Waals surface area contributed by atoms with Crippen molar-refractivity contribution in [1.82, 2.24) is 4.57 Å². The first-order chi connectivity index (χ1) is 11.5. The van der Waals surface area contributed by atoms with E-state index in [9.17, 15) is 19.7 Å². The minimum atomic E-state index is -0.895. The number of ether oxygens (including phenoxy) is 1. The van der Waals surface area contributed by atoms with Gasteiger partial charge in [-0.1, -0.05) is 18.2 Å². The molecule has 0 spiro atoms. The fraction of sp³-hybridized carbons (Fsp3) is 0.125. The van der Waals surface area contributed by atoms with Gasteiger partial charge in [0.15, 0.2) is 0 Å². The molecule has 8 heteroatoms. The van der Waals surface area contributed by atoms with E-state index in [2.05, 4.69) is 4.74 Å². The van der Waals surface area contributed by atoms with Gasteiger partial charge in [-0.2, -0.15) is 0 Å². The lowest BCUT2D eigenvalue weighted by Gasteiger charge is -2.06. The quantitative estimate of drug-likeness (QED) is 0.412. The van der Waals surface area contributed by atoms with E-state index in [1.165, 1.54) is 11.3 Å². The molecule has 0 aliphatic heterocycles. The molecule has 0 fully saturated rings. The van der Waals surface area contributed by atoms with Gasteiger partial charge in [0.2, 0.25) is 0 Å². The standard InChI is InChI=1S/C16H12N2O5S/c1-23-16(20)13-7-11(18(21)22)8-17(15(13)19)9-12-6-10-4-2-3-5-14(10)24-12/h2-8H,9H2,1H3. The minimum Gasteiger partial charge on any atom is -0.465 e. The Kier molecular flexibility index (Phi) is 4.13. The van der Waals surface area contributed by atoms with E-state index in [0.29, 0.717) is 0 Å².